The predicted octanol–water partition coefficient (Wildman–Crippen LogP) is -0.873. The highest BCUT2D eigenvalue weighted by molar-refractivity contribution is 5.27. The first-order chi connectivity index (χ1) is 5.65. The van der Waals surface area contributed by atoms with Crippen LogP contribution in [0.15, 0.2) is 6.20 Å². The Hall–Kier alpha value is -1.07. The van der Waals surface area contributed by atoms with E-state index >= 15 is 0 Å². The van der Waals surface area contributed by atoms with Gasteiger partial charge in [-0.25, -0.2) is 4.98 Å². The van der Waals surface area contributed by atoms with Gasteiger partial charge in [0, 0.05) is 0 Å². The van der Waals surface area contributed by atoms with Crippen LogP contribution in [0.25, 0.3) is 0 Å². The number of anilines is 1. The first-order valence-electron chi connectivity index (χ1n) is 3.71. The third-order valence-corrected chi connectivity index (χ3v) is 1.69. The van der Waals surface area contributed by atoms with E-state index in [1.165, 1.54) is 6.20 Å². The van der Waals surface area contributed by atoms with Crippen molar-refractivity contribution >= 4 is 5.82 Å². The van der Waals surface area contributed by atoms with Crippen LogP contribution in [0.2, 0.25) is 0 Å². The summed E-state index contributed by atoms with van der Waals surface area (Å²) < 4.78 is 1.65. The maximum atomic E-state index is 9.12. The fourth-order valence-electron chi connectivity index (χ4n) is 0.992. The third-order valence-electron chi connectivity index (χ3n) is 1.69. The molecule has 5 heteroatoms. The molecule has 0 saturated carbocycles. The smallest absolute Gasteiger partial charge is 0.123 e. The number of hydrogen-bond donors (Lipinski definition) is 3. The van der Waals surface area contributed by atoms with E-state index in [1.807, 2.05) is 0 Å². The monoisotopic (exact) mass is 171 g/mol. The predicted molar refractivity (Wildman–Crippen MR) is 44.5 cm³/mol. The van der Waals surface area contributed by atoms with Crippen LogP contribution >= 0.6 is 0 Å². The van der Waals surface area contributed by atoms with Crippen LogP contribution < -0.4 is 5.73 Å². The quantitative estimate of drug-likeness (QED) is 0.551. The van der Waals surface area contributed by atoms with Crippen molar-refractivity contribution < 1.29 is 10.2 Å². The van der Waals surface area contributed by atoms with Crippen LogP contribution in [0.5, 0.6) is 0 Å². The summed E-state index contributed by atoms with van der Waals surface area (Å²) in [7, 11) is 0. The first-order valence-corrected chi connectivity index (χ1v) is 3.71. The number of nitrogens with zero attached hydrogens (tertiary/aromatic N) is 2. The molecule has 1 unspecified atom stereocenters. The second kappa shape index (κ2) is 3.55. The summed E-state index contributed by atoms with van der Waals surface area (Å²) in [4.78, 5) is 3.95. The van der Waals surface area contributed by atoms with Crippen molar-refractivity contribution in [1.29, 1.82) is 0 Å². The topological polar surface area (TPSA) is 84.3 Å². The van der Waals surface area contributed by atoms with Crippen molar-refractivity contribution in [3.8, 4) is 0 Å². The van der Waals surface area contributed by atoms with Gasteiger partial charge in [0.1, 0.15) is 11.6 Å². The fourth-order valence-corrected chi connectivity index (χ4v) is 0.992. The molecule has 5 nitrogen and oxygen atoms in total. The normalized spacial score (nSPS) is 13.2. The molecule has 0 fully saturated rings. The molecular formula is C7H13N3O2. The second-order valence-electron chi connectivity index (χ2n) is 2.68. The maximum Gasteiger partial charge on any atom is 0.123 e. The summed E-state index contributed by atoms with van der Waals surface area (Å²) in [6.45, 7) is 1.81. The van der Waals surface area contributed by atoms with Crippen LogP contribution in [-0.4, -0.2) is 32.5 Å². The van der Waals surface area contributed by atoms with Crippen LogP contribution in [-0.2, 0) is 6.54 Å². The fraction of sp³-hybridized carbons (Fsp3) is 0.571. The van der Waals surface area contributed by atoms with E-state index < -0.39 is 6.10 Å². The Kier molecular flexibility index (Phi) is 2.67. The van der Waals surface area contributed by atoms with Crippen molar-refractivity contribution in [3.05, 3.63) is 12.0 Å². The minimum Gasteiger partial charge on any atom is -0.394 e. The average Bonchev–Trinajstić information content (AvgIpc) is 2.35. The lowest BCUT2D eigenvalue weighted by Gasteiger charge is -2.10. The van der Waals surface area contributed by atoms with Gasteiger partial charge in [-0.1, -0.05) is 0 Å². The summed E-state index contributed by atoms with van der Waals surface area (Å²) in [6, 6.07) is 0. The summed E-state index contributed by atoms with van der Waals surface area (Å²) in [5, 5.41) is 17.7. The molecule has 1 rings (SSSR count). The highest BCUT2D eigenvalue weighted by Crippen LogP contribution is 2.06. The van der Waals surface area contributed by atoms with E-state index in [0.29, 0.717) is 5.82 Å². The summed E-state index contributed by atoms with van der Waals surface area (Å²) in [5.74, 6) is 1.24. The van der Waals surface area contributed by atoms with Crippen molar-refractivity contribution in [3.63, 3.8) is 0 Å². The molecule has 0 amide bonds. The Bertz CT molecular complexity index is 240. The van der Waals surface area contributed by atoms with E-state index in [1.54, 1.807) is 11.5 Å². The standard InChI is InChI=1S/C7H13N3O2/c1-5-9-2-7(8)10(5)3-6(12)4-11/h2,6,11-12H,3-4,8H2,1H3. The van der Waals surface area contributed by atoms with Crippen LogP contribution in [0.3, 0.4) is 0 Å². The van der Waals surface area contributed by atoms with Gasteiger partial charge in [0.2, 0.25) is 0 Å². The summed E-state index contributed by atoms with van der Waals surface area (Å²) in [5.41, 5.74) is 5.55. The molecule has 0 saturated heterocycles. The van der Waals surface area contributed by atoms with E-state index in [0.717, 1.165) is 5.82 Å². The second-order valence-corrected chi connectivity index (χ2v) is 2.68. The number of aliphatic hydroxyl groups is 2. The largest absolute Gasteiger partial charge is 0.394 e. The maximum absolute atomic E-state index is 9.12. The number of aromatic nitrogens is 2. The van der Waals surface area contributed by atoms with Gasteiger partial charge in [0.05, 0.1) is 25.5 Å². The van der Waals surface area contributed by atoms with E-state index in [9.17, 15) is 0 Å². The van der Waals surface area contributed by atoms with E-state index in [2.05, 4.69) is 4.98 Å². The number of aryl methyl sites for hydroxylation is 1. The van der Waals surface area contributed by atoms with Crippen molar-refractivity contribution in [2.45, 2.75) is 19.6 Å². The zero-order chi connectivity index (χ0) is 9.14. The van der Waals surface area contributed by atoms with Gasteiger partial charge in [-0.05, 0) is 6.92 Å². The Morgan fingerprint density at radius 3 is 2.83 bits per heavy atom. The lowest BCUT2D eigenvalue weighted by Crippen LogP contribution is -2.21. The third kappa shape index (κ3) is 1.75. The number of aliphatic hydroxyl groups excluding tert-OH is 2. The van der Waals surface area contributed by atoms with Crippen LogP contribution in [0, 0.1) is 6.92 Å². The molecule has 0 aromatic carbocycles. The van der Waals surface area contributed by atoms with Gasteiger partial charge in [0.25, 0.3) is 0 Å². The molecule has 4 N–H and O–H groups in total. The molecule has 1 aromatic heterocycles. The van der Waals surface area contributed by atoms with E-state index in [-0.39, 0.29) is 13.2 Å². The zero-order valence-electron chi connectivity index (χ0n) is 6.94. The highest BCUT2D eigenvalue weighted by atomic mass is 16.3. The molecule has 0 aliphatic rings. The SMILES string of the molecule is Cc1ncc(N)n1CC(O)CO. The van der Waals surface area contributed by atoms with Gasteiger partial charge in [-0.2, -0.15) is 0 Å². The Morgan fingerprint density at radius 2 is 2.42 bits per heavy atom. The lowest BCUT2D eigenvalue weighted by atomic mass is 10.3. The molecule has 0 bridgehead atoms. The molecular weight excluding hydrogens is 158 g/mol. The molecule has 0 spiro atoms. The minimum absolute atomic E-state index is 0.267. The number of nitrogens with two attached hydrogens (primary N) is 1. The lowest BCUT2D eigenvalue weighted by molar-refractivity contribution is 0.0812. The molecule has 0 aliphatic heterocycles. The number of rotatable bonds is 3. The van der Waals surface area contributed by atoms with Crippen molar-refractivity contribution in [1.82, 2.24) is 9.55 Å². The Morgan fingerprint density at radius 1 is 1.75 bits per heavy atom. The van der Waals surface area contributed by atoms with Gasteiger partial charge >= 0.3 is 0 Å². The molecule has 1 heterocycles. The van der Waals surface area contributed by atoms with Crippen LogP contribution in [0.4, 0.5) is 5.82 Å². The summed E-state index contributed by atoms with van der Waals surface area (Å²) >= 11 is 0. The van der Waals surface area contributed by atoms with Gasteiger partial charge in [-0.3, -0.25) is 0 Å². The molecule has 1 atom stereocenters. The first kappa shape index (κ1) is 9.02. The van der Waals surface area contributed by atoms with Gasteiger partial charge < -0.3 is 20.5 Å². The van der Waals surface area contributed by atoms with Gasteiger partial charge in [-0.15, -0.1) is 0 Å². The van der Waals surface area contributed by atoms with Gasteiger partial charge in [0.15, 0.2) is 0 Å². The van der Waals surface area contributed by atoms with Crippen molar-refractivity contribution in [2.24, 2.45) is 0 Å². The molecule has 68 valence electrons. The van der Waals surface area contributed by atoms with Crippen LogP contribution in [0.1, 0.15) is 5.82 Å². The van der Waals surface area contributed by atoms with Crippen molar-refractivity contribution in [2.75, 3.05) is 12.3 Å². The average molecular weight is 171 g/mol. The molecule has 12 heavy (non-hydrogen) atoms. The Balaban J connectivity index is 2.73. The zero-order valence-corrected chi connectivity index (χ0v) is 6.94. The minimum atomic E-state index is -0.778. The number of imidazole rings is 1. The van der Waals surface area contributed by atoms with E-state index in [4.69, 9.17) is 15.9 Å². The number of nitrogen functional groups attached to an aromatic ring is 1. The molecule has 0 radical (unpaired) electrons. The Labute approximate surface area is 70.5 Å². The molecule has 0 aliphatic carbocycles. The highest BCUT2D eigenvalue weighted by Gasteiger charge is 2.07. The number of hydrogen-bond acceptors (Lipinski definition) is 4. The summed E-state index contributed by atoms with van der Waals surface area (Å²) in [6.07, 6.45) is 0.750. The molecule has 1 aromatic rings.